The van der Waals surface area contributed by atoms with E-state index in [-0.39, 0.29) is 0 Å². The standard InChI is InChI=1S/C10H22N2/c1-4-10(5-2)12-8-6-11(3)7-9-12/h10H,4-9H2,1-3H3. The highest BCUT2D eigenvalue weighted by Crippen LogP contribution is 2.10. The van der Waals surface area contributed by atoms with Crippen molar-refractivity contribution in [1.82, 2.24) is 9.80 Å². The molecular weight excluding hydrogens is 148 g/mol. The van der Waals surface area contributed by atoms with Gasteiger partial charge in [0, 0.05) is 32.2 Å². The molecule has 1 fully saturated rings. The van der Waals surface area contributed by atoms with Crippen molar-refractivity contribution in [3.8, 4) is 0 Å². The molecule has 0 bridgehead atoms. The normalized spacial score (nSPS) is 22.0. The Kier molecular flexibility index (Phi) is 4.02. The maximum absolute atomic E-state index is 2.64. The van der Waals surface area contributed by atoms with Gasteiger partial charge in [-0.15, -0.1) is 0 Å². The molecule has 2 nitrogen and oxygen atoms in total. The summed E-state index contributed by atoms with van der Waals surface area (Å²) >= 11 is 0. The number of rotatable bonds is 3. The monoisotopic (exact) mass is 170 g/mol. The van der Waals surface area contributed by atoms with Gasteiger partial charge < -0.3 is 4.90 Å². The highest BCUT2D eigenvalue weighted by molar-refractivity contribution is 4.75. The van der Waals surface area contributed by atoms with Gasteiger partial charge in [-0.2, -0.15) is 0 Å². The molecule has 1 saturated heterocycles. The van der Waals surface area contributed by atoms with Crippen LogP contribution < -0.4 is 0 Å². The Balaban J connectivity index is 2.32. The molecule has 0 aliphatic carbocycles. The van der Waals surface area contributed by atoms with E-state index in [9.17, 15) is 0 Å². The predicted molar refractivity (Wildman–Crippen MR) is 53.4 cm³/mol. The maximum atomic E-state index is 2.64. The number of piperazine rings is 1. The minimum Gasteiger partial charge on any atom is -0.304 e. The summed E-state index contributed by atoms with van der Waals surface area (Å²) in [6, 6.07) is 0.832. The van der Waals surface area contributed by atoms with Crippen LogP contribution in [0.3, 0.4) is 0 Å². The summed E-state index contributed by atoms with van der Waals surface area (Å²) in [7, 11) is 2.21. The van der Waals surface area contributed by atoms with Gasteiger partial charge in [-0.25, -0.2) is 0 Å². The van der Waals surface area contributed by atoms with Crippen LogP contribution >= 0.6 is 0 Å². The van der Waals surface area contributed by atoms with Gasteiger partial charge in [0.25, 0.3) is 0 Å². The van der Waals surface area contributed by atoms with Gasteiger partial charge in [0.05, 0.1) is 0 Å². The molecule has 2 heteroatoms. The first-order valence-electron chi connectivity index (χ1n) is 5.20. The summed E-state index contributed by atoms with van der Waals surface area (Å²) < 4.78 is 0. The summed E-state index contributed by atoms with van der Waals surface area (Å²) in [4.78, 5) is 5.05. The van der Waals surface area contributed by atoms with Crippen molar-refractivity contribution in [2.75, 3.05) is 33.2 Å². The minimum absolute atomic E-state index is 0.832. The lowest BCUT2D eigenvalue weighted by Crippen LogP contribution is -2.48. The van der Waals surface area contributed by atoms with Gasteiger partial charge in [-0.3, -0.25) is 4.90 Å². The molecule has 0 amide bonds. The lowest BCUT2D eigenvalue weighted by molar-refractivity contribution is 0.107. The molecule has 0 aromatic rings. The minimum atomic E-state index is 0.832. The van der Waals surface area contributed by atoms with Crippen LogP contribution in [0, 0.1) is 0 Å². The Morgan fingerprint density at radius 1 is 1.00 bits per heavy atom. The topological polar surface area (TPSA) is 6.48 Å². The summed E-state index contributed by atoms with van der Waals surface area (Å²) in [5, 5.41) is 0. The fourth-order valence-electron chi connectivity index (χ4n) is 1.99. The van der Waals surface area contributed by atoms with Crippen molar-refractivity contribution in [2.45, 2.75) is 32.7 Å². The largest absolute Gasteiger partial charge is 0.304 e. The van der Waals surface area contributed by atoms with E-state index >= 15 is 0 Å². The summed E-state index contributed by atoms with van der Waals surface area (Å²) in [5.74, 6) is 0. The maximum Gasteiger partial charge on any atom is 0.0113 e. The second kappa shape index (κ2) is 4.83. The van der Waals surface area contributed by atoms with E-state index in [2.05, 4.69) is 30.7 Å². The first-order valence-corrected chi connectivity index (χ1v) is 5.20. The van der Waals surface area contributed by atoms with Crippen LogP contribution in [0.5, 0.6) is 0 Å². The van der Waals surface area contributed by atoms with E-state index in [1.54, 1.807) is 0 Å². The van der Waals surface area contributed by atoms with Crippen LogP contribution in [0.2, 0.25) is 0 Å². The highest BCUT2D eigenvalue weighted by Gasteiger charge is 2.19. The first kappa shape index (κ1) is 10.0. The Morgan fingerprint density at radius 2 is 1.50 bits per heavy atom. The zero-order valence-electron chi connectivity index (χ0n) is 8.71. The van der Waals surface area contributed by atoms with Crippen molar-refractivity contribution in [1.29, 1.82) is 0 Å². The van der Waals surface area contributed by atoms with Gasteiger partial charge in [0.1, 0.15) is 0 Å². The number of nitrogens with zero attached hydrogens (tertiary/aromatic N) is 2. The molecule has 1 aliphatic rings. The summed E-state index contributed by atoms with van der Waals surface area (Å²) in [6.45, 7) is 9.62. The first-order chi connectivity index (χ1) is 5.77. The molecule has 0 aromatic heterocycles. The summed E-state index contributed by atoms with van der Waals surface area (Å²) in [6.07, 6.45) is 2.61. The molecule has 0 N–H and O–H groups in total. The van der Waals surface area contributed by atoms with E-state index < -0.39 is 0 Å². The Hall–Kier alpha value is -0.0800. The molecule has 0 radical (unpaired) electrons. The quantitative estimate of drug-likeness (QED) is 0.632. The van der Waals surface area contributed by atoms with Crippen LogP contribution in [-0.2, 0) is 0 Å². The van der Waals surface area contributed by atoms with Crippen molar-refractivity contribution in [3.63, 3.8) is 0 Å². The molecule has 0 saturated carbocycles. The van der Waals surface area contributed by atoms with Crippen molar-refractivity contribution < 1.29 is 0 Å². The van der Waals surface area contributed by atoms with Crippen LogP contribution in [0.25, 0.3) is 0 Å². The van der Waals surface area contributed by atoms with E-state index in [0.29, 0.717) is 0 Å². The van der Waals surface area contributed by atoms with Gasteiger partial charge in [-0.1, -0.05) is 13.8 Å². The smallest absolute Gasteiger partial charge is 0.0113 e. The fraction of sp³-hybridized carbons (Fsp3) is 1.00. The second-order valence-electron chi connectivity index (χ2n) is 3.81. The zero-order chi connectivity index (χ0) is 8.97. The molecule has 1 aliphatic heterocycles. The van der Waals surface area contributed by atoms with Gasteiger partial charge in [0.15, 0.2) is 0 Å². The Bertz CT molecular complexity index is 113. The number of hydrogen-bond acceptors (Lipinski definition) is 2. The molecule has 0 atom stereocenters. The van der Waals surface area contributed by atoms with Crippen molar-refractivity contribution in [2.24, 2.45) is 0 Å². The third-order valence-corrected chi connectivity index (χ3v) is 3.00. The fourth-order valence-corrected chi connectivity index (χ4v) is 1.99. The Labute approximate surface area is 76.5 Å². The second-order valence-corrected chi connectivity index (χ2v) is 3.81. The van der Waals surface area contributed by atoms with E-state index in [4.69, 9.17) is 0 Å². The van der Waals surface area contributed by atoms with Gasteiger partial charge >= 0.3 is 0 Å². The van der Waals surface area contributed by atoms with Crippen LogP contribution in [0.15, 0.2) is 0 Å². The molecule has 12 heavy (non-hydrogen) atoms. The van der Waals surface area contributed by atoms with Gasteiger partial charge in [-0.05, 0) is 19.9 Å². The molecule has 0 spiro atoms. The van der Waals surface area contributed by atoms with Crippen molar-refractivity contribution in [3.05, 3.63) is 0 Å². The molecule has 72 valence electrons. The molecular formula is C10H22N2. The molecule has 0 unspecified atom stereocenters. The van der Waals surface area contributed by atoms with Crippen molar-refractivity contribution >= 4 is 0 Å². The van der Waals surface area contributed by atoms with E-state index in [1.807, 2.05) is 0 Å². The zero-order valence-corrected chi connectivity index (χ0v) is 8.71. The number of likely N-dealkylation sites (N-methyl/N-ethyl adjacent to an activating group) is 1. The lowest BCUT2D eigenvalue weighted by atomic mass is 10.1. The molecule has 0 aromatic carbocycles. The summed E-state index contributed by atoms with van der Waals surface area (Å²) in [5.41, 5.74) is 0. The predicted octanol–water partition coefficient (Wildman–Crippen LogP) is 1.42. The van der Waals surface area contributed by atoms with Gasteiger partial charge in [0.2, 0.25) is 0 Å². The average Bonchev–Trinajstić information content (AvgIpc) is 2.10. The lowest BCUT2D eigenvalue weighted by Gasteiger charge is -2.37. The SMILES string of the molecule is CCC(CC)N1CCN(C)CC1. The van der Waals surface area contributed by atoms with Crippen LogP contribution in [-0.4, -0.2) is 49.1 Å². The highest BCUT2D eigenvalue weighted by atomic mass is 15.3. The third kappa shape index (κ3) is 2.46. The average molecular weight is 170 g/mol. The van der Waals surface area contributed by atoms with Crippen LogP contribution in [0.4, 0.5) is 0 Å². The molecule has 1 rings (SSSR count). The molecule has 1 heterocycles. The van der Waals surface area contributed by atoms with E-state index in [1.165, 1.54) is 39.0 Å². The van der Waals surface area contributed by atoms with Crippen LogP contribution in [0.1, 0.15) is 26.7 Å². The van der Waals surface area contributed by atoms with E-state index in [0.717, 1.165) is 6.04 Å². The third-order valence-electron chi connectivity index (χ3n) is 3.00. The number of hydrogen-bond donors (Lipinski definition) is 0. The Morgan fingerprint density at radius 3 is 1.92 bits per heavy atom.